The van der Waals surface area contributed by atoms with Crippen LogP contribution >= 0.6 is 0 Å². The van der Waals surface area contributed by atoms with Crippen LogP contribution in [-0.4, -0.2) is 17.8 Å². The highest BCUT2D eigenvalue weighted by Gasteiger charge is 2.28. The van der Waals surface area contributed by atoms with E-state index in [2.05, 4.69) is 4.98 Å². The van der Waals surface area contributed by atoms with E-state index in [4.69, 9.17) is 4.74 Å². The van der Waals surface area contributed by atoms with Crippen LogP contribution in [0, 0.1) is 0 Å². The van der Waals surface area contributed by atoms with Gasteiger partial charge in [0.15, 0.2) is 12.0 Å². The molecule has 1 N–H and O–H groups in total. The van der Waals surface area contributed by atoms with Crippen molar-refractivity contribution in [2.24, 2.45) is 0 Å². The van der Waals surface area contributed by atoms with E-state index in [-0.39, 0.29) is 11.2 Å². The van der Waals surface area contributed by atoms with Crippen LogP contribution in [0.2, 0.25) is 0 Å². The second-order valence-corrected chi connectivity index (χ2v) is 4.49. The number of aryl methyl sites for hydroxylation is 1. The van der Waals surface area contributed by atoms with Crippen molar-refractivity contribution in [3.05, 3.63) is 40.2 Å². The van der Waals surface area contributed by atoms with Gasteiger partial charge in [-0.05, 0) is 18.6 Å². The van der Waals surface area contributed by atoms with Crippen molar-refractivity contribution in [3.63, 3.8) is 0 Å². The van der Waals surface area contributed by atoms with Crippen LogP contribution in [0.25, 0.3) is 10.9 Å². The van der Waals surface area contributed by atoms with Gasteiger partial charge in [-0.25, -0.2) is 0 Å². The number of pyridine rings is 1. The first-order valence-corrected chi connectivity index (χ1v) is 6.25. The van der Waals surface area contributed by atoms with Gasteiger partial charge in [0.1, 0.15) is 5.75 Å². The van der Waals surface area contributed by atoms with Gasteiger partial charge in [-0.3, -0.25) is 4.79 Å². The van der Waals surface area contributed by atoms with Crippen LogP contribution in [0.15, 0.2) is 29.1 Å². The average Bonchev–Trinajstić information content (AvgIpc) is 2.36. The zero-order valence-corrected chi connectivity index (χ0v) is 10.9. The van der Waals surface area contributed by atoms with E-state index in [1.807, 2.05) is 6.92 Å². The zero-order chi connectivity index (χ0) is 14.8. The molecule has 0 unspecified atom stereocenters. The van der Waals surface area contributed by atoms with E-state index < -0.39 is 12.8 Å². The average molecular weight is 285 g/mol. The molecule has 6 heteroatoms. The first-order valence-electron chi connectivity index (χ1n) is 6.25. The van der Waals surface area contributed by atoms with Gasteiger partial charge in [0.05, 0.1) is 5.52 Å². The molecule has 0 aliphatic rings. The van der Waals surface area contributed by atoms with E-state index in [0.29, 0.717) is 23.0 Å². The number of aromatic nitrogens is 1. The third kappa shape index (κ3) is 3.31. The summed E-state index contributed by atoms with van der Waals surface area (Å²) in [5.74, 6) is 0.0369. The number of aromatic amines is 1. The smallest absolute Gasteiger partial charge is 0.422 e. The van der Waals surface area contributed by atoms with Gasteiger partial charge in [-0.1, -0.05) is 19.4 Å². The molecular formula is C14H14F3NO2. The summed E-state index contributed by atoms with van der Waals surface area (Å²) in [6.45, 7) is 0.570. The fourth-order valence-corrected chi connectivity index (χ4v) is 1.98. The predicted octanol–water partition coefficient (Wildman–Crippen LogP) is 3.42. The summed E-state index contributed by atoms with van der Waals surface area (Å²) in [4.78, 5) is 14.9. The lowest BCUT2D eigenvalue weighted by Crippen LogP contribution is -2.19. The zero-order valence-electron chi connectivity index (χ0n) is 10.9. The quantitative estimate of drug-likeness (QED) is 0.935. The molecule has 1 aromatic heterocycles. The molecule has 3 nitrogen and oxygen atoms in total. The minimum absolute atomic E-state index is 0.0369. The lowest BCUT2D eigenvalue weighted by atomic mass is 10.1. The molecule has 1 heterocycles. The topological polar surface area (TPSA) is 42.1 Å². The fraction of sp³-hybridized carbons (Fsp3) is 0.357. The molecule has 0 aliphatic carbocycles. The highest BCUT2D eigenvalue weighted by molar-refractivity contribution is 5.84. The Labute approximate surface area is 113 Å². The van der Waals surface area contributed by atoms with Crippen molar-refractivity contribution in [2.45, 2.75) is 25.9 Å². The molecule has 0 bridgehead atoms. The molecule has 0 fully saturated rings. The molecule has 0 radical (unpaired) electrons. The first-order chi connectivity index (χ1) is 9.40. The molecule has 2 aromatic rings. The number of halogens is 3. The molecule has 0 saturated carbocycles. The van der Waals surface area contributed by atoms with Crippen LogP contribution < -0.4 is 10.2 Å². The number of hydrogen-bond acceptors (Lipinski definition) is 2. The number of para-hydroxylation sites is 1. The lowest BCUT2D eigenvalue weighted by molar-refractivity contribution is -0.153. The van der Waals surface area contributed by atoms with Crippen LogP contribution in [0.5, 0.6) is 5.75 Å². The number of nitrogens with one attached hydrogen (secondary N) is 1. The SMILES string of the molecule is CCCc1cc(=O)c2cccc(OCC(F)(F)F)c2[nH]1. The number of fused-ring (bicyclic) bond motifs is 1. The summed E-state index contributed by atoms with van der Waals surface area (Å²) in [5.41, 5.74) is 0.778. The van der Waals surface area contributed by atoms with Crippen molar-refractivity contribution in [1.82, 2.24) is 4.98 Å². The van der Waals surface area contributed by atoms with Crippen molar-refractivity contribution >= 4 is 10.9 Å². The highest BCUT2D eigenvalue weighted by Crippen LogP contribution is 2.24. The summed E-state index contributed by atoms with van der Waals surface area (Å²) in [6.07, 6.45) is -2.94. The van der Waals surface area contributed by atoms with Crippen molar-refractivity contribution in [1.29, 1.82) is 0 Å². The Morgan fingerprint density at radius 2 is 2.05 bits per heavy atom. The second-order valence-electron chi connectivity index (χ2n) is 4.49. The largest absolute Gasteiger partial charge is 0.482 e. The fourth-order valence-electron chi connectivity index (χ4n) is 1.98. The Kier molecular flexibility index (Phi) is 4.01. The van der Waals surface area contributed by atoms with Gasteiger partial charge in [0, 0.05) is 17.1 Å². The predicted molar refractivity (Wildman–Crippen MR) is 70.1 cm³/mol. The Bertz CT molecular complexity index is 661. The first kappa shape index (κ1) is 14.4. The maximum atomic E-state index is 12.2. The molecule has 1 aromatic carbocycles. The third-order valence-corrected chi connectivity index (χ3v) is 2.79. The van der Waals surface area contributed by atoms with Crippen molar-refractivity contribution in [2.75, 3.05) is 6.61 Å². The molecule has 0 spiro atoms. The van der Waals surface area contributed by atoms with E-state index in [1.54, 1.807) is 6.07 Å². The van der Waals surface area contributed by atoms with Crippen LogP contribution in [0.1, 0.15) is 19.0 Å². The number of rotatable bonds is 4. The van der Waals surface area contributed by atoms with E-state index in [9.17, 15) is 18.0 Å². The maximum Gasteiger partial charge on any atom is 0.422 e. The van der Waals surface area contributed by atoms with E-state index >= 15 is 0 Å². The van der Waals surface area contributed by atoms with Gasteiger partial charge in [-0.15, -0.1) is 0 Å². The second kappa shape index (κ2) is 5.56. The molecule has 0 saturated heterocycles. The van der Waals surface area contributed by atoms with Crippen LogP contribution in [-0.2, 0) is 6.42 Å². The standard InChI is InChI=1S/C14H14F3NO2/c1-2-4-9-7-11(19)10-5-3-6-12(13(10)18-9)20-8-14(15,16)17/h3,5-7H,2,4,8H2,1H3,(H,18,19). The Morgan fingerprint density at radius 3 is 2.70 bits per heavy atom. The Hall–Kier alpha value is -1.98. The number of H-pyrrole nitrogens is 1. The number of benzene rings is 1. The molecule has 0 atom stereocenters. The molecule has 2 rings (SSSR count). The summed E-state index contributed by atoms with van der Waals surface area (Å²) in [6, 6.07) is 5.95. The van der Waals surface area contributed by atoms with Gasteiger partial charge in [-0.2, -0.15) is 13.2 Å². The monoisotopic (exact) mass is 285 g/mol. The van der Waals surface area contributed by atoms with Crippen molar-refractivity contribution < 1.29 is 17.9 Å². The Morgan fingerprint density at radius 1 is 1.30 bits per heavy atom. The Balaban J connectivity index is 2.46. The van der Waals surface area contributed by atoms with Crippen LogP contribution in [0.4, 0.5) is 13.2 Å². The van der Waals surface area contributed by atoms with Gasteiger partial charge >= 0.3 is 6.18 Å². The number of ether oxygens (including phenoxy) is 1. The van der Waals surface area contributed by atoms with E-state index in [1.165, 1.54) is 18.2 Å². The highest BCUT2D eigenvalue weighted by atomic mass is 19.4. The van der Waals surface area contributed by atoms with Crippen LogP contribution in [0.3, 0.4) is 0 Å². The molecular weight excluding hydrogens is 271 g/mol. The summed E-state index contributed by atoms with van der Waals surface area (Å²) in [5, 5.41) is 0.324. The minimum atomic E-state index is -4.41. The summed E-state index contributed by atoms with van der Waals surface area (Å²) >= 11 is 0. The molecule has 108 valence electrons. The van der Waals surface area contributed by atoms with Gasteiger partial charge in [0.25, 0.3) is 0 Å². The van der Waals surface area contributed by atoms with Gasteiger partial charge in [0.2, 0.25) is 0 Å². The maximum absolute atomic E-state index is 12.2. The van der Waals surface area contributed by atoms with Gasteiger partial charge < -0.3 is 9.72 Å². The van der Waals surface area contributed by atoms with Crippen molar-refractivity contribution in [3.8, 4) is 5.75 Å². The summed E-state index contributed by atoms with van der Waals surface area (Å²) < 4.78 is 41.4. The molecule has 0 aliphatic heterocycles. The lowest BCUT2D eigenvalue weighted by Gasteiger charge is -2.12. The normalized spacial score (nSPS) is 11.8. The number of alkyl halides is 3. The summed E-state index contributed by atoms with van der Waals surface area (Å²) in [7, 11) is 0. The number of hydrogen-bond donors (Lipinski definition) is 1. The minimum Gasteiger partial charge on any atom is -0.482 e. The molecule has 20 heavy (non-hydrogen) atoms. The van der Waals surface area contributed by atoms with E-state index in [0.717, 1.165) is 6.42 Å². The molecule has 0 amide bonds. The third-order valence-electron chi connectivity index (χ3n) is 2.79.